The van der Waals surface area contributed by atoms with Crippen LogP contribution in [0.2, 0.25) is 0 Å². The summed E-state index contributed by atoms with van der Waals surface area (Å²) < 4.78 is 0. The smallest absolute Gasteiger partial charge is 0.187 e. The predicted octanol–water partition coefficient (Wildman–Crippen LogP) is -3.47. The molecule has 0 aliphatic carbocycles. The van der Waals surface area contributed by atoms with Crippen LogP contribution in [-0.2, 0) is 0 Å². The Kier molecular flexibility index (Phi) is 2510000. The molecule has 0 aliphatic heterocycles. The first-order valence-electron chi connectivity index (χ1n) is 0.167. The van der Waals surface area contributed by atoms with Crippen LogP contribution in [0.5, 0.6) is 0 Å². The third-order valence-electron chi connectivity index (χ3n) is 0. The Bertz CT molecular complexity index is 4.53. The van der Waals surface area contributed by atoms with Gasteiger partial charge in [-0.15, -0.1) is 0 Å². The number of hydrogen-bond donors (Lipinski definition) is 0. The topological polar surface area (TPSA) is 217 Å². The highest BCUT2D eigenvalue weighted by Crippen LogP contribution is 0.741. The molecule has 0 aromatic rings. The molecule has 0 amide bonds. The van der Waals surface area contributed by atoms with Gasteiger partial charge in [-0.25, -0.2) is 0 Å². The Morgan fingerprint density at radius 1 is 0.556 bits per heavy atom. The van der Waals surface area contributed by atoms with Crippen LogP contribution < -0.4 is 0 Å². The summed E-state index contributed by atoms with van der Waals surface area (Å²) in [5, 5.41) is 0. The summed E-state index contributed by atoms with van der Waals surface area (Å²) in [5.41, 5.74) is 0. The molecule has 8 N–H and O–H groups in total. The molecule has 0 bridgehead atoms. The first kappa shape index (κ1) is 695. The molecule has 0 aromatic heterocycles. The van der Waals surface area contributed by atoms with E-state index in [1.807, 2.05) is 0 Å². The van der Waals surface area contributed by atoms with Gasteiger partial charge in [0.25, 0.3) is 0 Å². The Morgan fingerprint density at radius 3 is 0.556 bits per heavy atom. The van der Waals surface area contributed by atoms with E-state index in [0.29, 0.717) is 0 Å². The lowest BCUT2D eigenvalue weighted by Gasteiger charge is -0.871. The fourth-order valence-corrected chi connectivity index (χ4v) is 0. The van der Waals surface area contributed by atoms with E-state index in [-0.39, 0.29) is 50.2 Å². The van der Waals surface area contributed by atoms with Gasteiger partial charge in [-0.1, -0.05) is 0 Å². The van der Waals surface area contributed by atoms with Crippen molar-refractivity contribution in [1.29, 1.82) is 0 Å². The van der Waals surface area contributed by atoms with Crippen molar-refractivity contribution in [1.82, 2.24) is 0 Å². The summed E-state index contributed by atoms with van der Waals surface area (Å²) >= 11 is 0. The molecule has 0 fully saturated rings. The molecular formula is H11AlO8-4. The van der Waals surface area contributed by atoms with Crippen LogP contribution in [-0.4, -0.2) is 50.2 Å². The summed E-state index contributed by atoms with van der Waals surface area (Å²) in [5.74, 6) is 0. The largest absolute Gasteiger partial charge is 0.870 e. The van der Waals surface area contributed by atoms with Crippen molar-refractivity contribution < 1.29 is 32.9 Å². The fraction of sp³-hybridized carbons (Fsp3) is 0. The van der Waals surface area contributed by atoms with Crippen molar-refractivity contribution in [2.45, 2.75) is 0 Å². The molecule has 0 saturated carbocycles. The van der Waals surface area contributed by atoms with Gasteiger partial charge >= 0.3 is 0 Å². The van der Waals surface area contributed by atoms with E-state index in [9.17, 15) is 0 Å². The van der Waals surface area contributed by atoms with Crippen molar-refractivity contribution in [3.05, 3.63) is 9.93 Å². The minimum Gasteiger partial charge on any atom is -0.870 e. The molecule has 8 nitrogen and oxygen atoms in total. The maximum atomic E-state index is 7.00. The molecule has 0 unspecified atom stereocenters. The van der Waals surface area contributed by atoms with Crippen molar-refractivity contribution in [2.75, 3.05) is 0 Å². The Labute approximate surface area is 61.1 Å². The normalized spacial score (nSPS) is 0.444. The van der Waals surface area contributed by atoms with Gasteiger partial charge in [0.2, 0.25) is 0 Å². The average molecular weight is 166 g/mol. The molecule has 0 aliphatic rings. The summed E-state index contributed by atoms with van der Waals surface area (Å²) in [4.78, 5) is 14.0. The second-order valence-corrected chi connectivity index (χ2v) is 0. The van der Waals surface area contributed by atoms with E-state index >= 15 is 0 Å². The SMILES string of the molecule is O.O.O=O.[AlH3].[OH-].[OH-].[OH-].[OH-]. The van der Waals surface area contributed by atoms with Gasteiger partial charge < -0.3 is 32.9 Å². The van der Waals surface area contributed by atoms with Gasteiger partial charge in [0, 0.05) is 9.93 Å². The third-order valence-corrected chi connectivity index (χ3v) is 0. The van der Waals surface area contributed by atoms with Gasteiger partial charge in [0.05, 0.1) is 0 Å². The summed E-state index contributed by atoms with van der Waals surface area (Å²) in [6.07, 6.45) is 0. The zero-order valence-corrected chi connectivity index (χ0v) is 3.61. The molecular weight excluding hydrogens is 155 g/mol. The zero-order chi connectivity index (χ0) is 2.00. The van der Waals surface area contributed by atoms with Crippen molar-refractivity contribution in [3.8, 4) is 0 Å². The van der Waals surface area contributed by atoms with E-state index in [0.717, 1.165) is 0 Å². The van der Waals surface area contributed by atoms with Crippen LogP contribution in [0.4, 0.5) is 0 Å². The molecule has 9 heavy (non-hydrogen) atoms. The lowest BCUT2D eigenvalue weighted by atomic mass is 15.3. The molecule has 0 saturated heterocycles. The number of rotatable bonds is 0. The molecule has 0 heterocycles. The molecule has 0 radical (unpaired) electrons. The van der Waals surface area contributed by atoms with Gasteiger partial charge in [0.15, 0.2) is 17.4 Å². The van der Waals surface area contributed by atoms with Crippen LogP contribution in [0.15, 0.2) is 0 Å². The van der Waals surface area contributed by atoms with Crippen LogP contribution in [0, 0.1) is 9.93 Å². The maximum absolute atomic E-state index is 7.00. The Hall–Kier alpha value is -0.108. The highest BCUT2D eigenvalue weighted by atomic mass is 27.0. The van der Waals surface area contributed by atoms with Gasteiger partial charge in [0.1, 0.15) is 0 Å². The van der Waals surface area contributed by atoms with Crippen LogP contribution in [0.25, 0.3) is 0 Å². The third kappa shape index (κ3) is 23700. The second-order valence-electron chi connectivity index (χ2n) is 0. The zero-order valence-electron chi connectivity index (χ0n) is 3.61. The van der Waals surface area contributed by atoms with Crippen LogP contribution in [0.1, 0.15) is 0 Å². The standard InChI is InChI=1S/Al.O2.6H2O.3H/c;1-2;;;;;;;;;/h;;6*1H2;;;/p-4. The second kappa shape index (κ2) is 32400. The minimum atomic E-state index is 0. The van der Waals surface area contributed by atoms with Gasteiger partial charge in [-0.3, -0.25) is 0 Å². The van der Waals surface area contributed by atoms with Crippen molar-refractivity contribution in [2.24, 2.45) is 0 Å². The van der Waals surface area contributed by atoms with Gasteiger partial charge in [-0.05, 0) is 0 Å². The lowest BCUT2D eigenvalue weighted by Crippen LogP contribution is -0.674. The Balaban J connectivity index is -0.000000000238. The van der Waals surface area contributed by atoms with E-state index in [4.69, 9.17) is 9.93 Å². The highest BCUT2D eigenvalue weighted by Gasteiger charge is 0.707. The quantitative estimate of drug-likeness (QED) is 0.332. The summed E-state index contributed by atoms with van der Waals surface area (Å²) in [6.45, 7) is 0. The monoisotopic (exact) mass is 166 g/mol. The number of hydrogen-bond acceptors (Lipinski definition) is 6. The Morgan fingerprint density at radius 2 is 0.556 bits per heavy atom. The highest BCUT2D eigenvalue weighted by molar-refractivity contribution is 5.75. The average Bonchev–Trinajstić information content (AvgIpc) is 1.00. The lowest BCUT2D eigenvalue weighted by molar-refractivity contribution is 0.823. The van der Waals surface area contributed by atoms with E-state index in [1.54, 1.807) is 0 Å². The molecule has 0 aromatic carbocycles. The predicted molar refractivity (Wildman–Crippen MR) is 31.6 cm³/mol. The fourth-order valence-electron chi connectivity index (χ4n) is 0. The molecule has 66 valence electrons. The summed E-state index contributed by atoms with van der Waals surface area (Å²) in [6, 6.07) is 0. The van der Waals surface area contributed by atoms with Crippen LogP contribution >= 0.6 is 0 Å². The van der Waals surface area contributed by atoms with E-state index < -0.39 is 0 Å². The maximum Gasteiger partial charge on any atom is 0.187 e. The summed E-state index contributed by atoms with van der Waals surface area (Å²) in [7, 11) is 0. The first-order chi connectivity index (χ1) is 1.00. The molecule has 0 rings (SSSR count). The van der Waals surface area contributed by atoms with Crippen molar-refractivity contribution >= 4 is 17.4 Å². The van der Waals surface area contributed by atoms with Crippen molar-refractivity contribution in [3.63, 3.8) is 0 Å². The van der Waals surface area contributed by atoms with Crippen LogP contribution in [0.3, 0.4) is 0 Å². The molecule has 9 heteroatoms. The van der Waals surface area contributed by atoms with E-state index in [1.165, 1.54) is 0 Å². The molecule has 0 spiro atoms. The van der Waals surface area contributed by atoms with Gasteiger partial charge in [-0.2, -0.15) is 0 Å². The minimum absolute atomic E-state index is 0. The first-order valence-corrected chi connectivity index (χ1v) is 0.167. The van der Waals surface area contributed by atoms with E-state index in [2.05, 4.69) is 0 Å². The molecule has 0 atom stereocenters.